The van der Waals surface area contributed by atoms with Gasteiger partial charge < -0.3 is 14.1 Å². The van der Waals surface area contributed by atoms with Gasteiger partial charge in [-0.15, -0.1) is 11.3 Å². The summed E-state index contributed by atoms with van der Waals surface area (Å²) < 4.78 is 10.9. The van der Waals surface area contributed by atoms with Crippen LogP contribution >= 0.6 is 11.3 Å². The van der Waals surface area contributed by atoms with Crippen LogP contribution in [0.1, 0.15) is 23.4 Å². The molecule has 0 unspecified atom stereocenters. The zero-order valence-corrected chi connectivity index (χ0v) is 18.3. The normalized spacial score (nSPS) is 15.2. The minimum Gasteiger partial charge on any atom is -0.497 e. The first kappa shape index (κ1) is 20.6. The molecule has 2 aromatic heterocycles. The van der Waals surface area contributed by atoms with Crippen molar-refractivity contribution in [3.05, 3.63) is 58.8 Å². The van der Waals surface area contributed by atoms with E-state index in [0.717, 1.165) is 67.1 Å². The Kier molecular flexibility index (Phi) is 6.50. The van der Waals surface area contributed by atoms with Gasteiger partial charge in [0.05, 0.1) is 19.2 Å². The van der Waals surface area contributed by atoms with Gasteiger partial charge >= 0.3 is 0 Å². The second-order valence-corrected chi connectivity index (χ2v) is 8.45. The number of aryl methyl sites for hydroxylation is 1. The number of thiazole rings is 1. The van der Waals surface area contributed by atoms with Crippen LogP contribution in [-0.4, -0.2) is 54.0 Å². The third-order valence-electron chi connectivity index (χ3n) is 5.34. The molecule has 1 saturated heterocycles. The Morgan fingerprint density at radius 1 is 1.13 bits per heavy atom. The van der Waals surface area contributed by atoms with Gasteiger partial charge in [0.1, 0.15) is 11.5 Å². The first-order chi connectivity index (χ1) is 14.6. The van der Waals surface area contributed by atoms with Gasteiger partial charge in [-0.1, -0.05) is 12.1 Å². The van der Waals surface area contributed by atoms with Crippen molar-refractivity contribution >= 4 is 17.2 Å². The fraction of sp³-hybridized carbons (Fsp3) is 0.391. The summed E-state index contributed by atoms with van der Waals surface area (Å²) in [6.45, 7) is 6.23. The van der Waals surface area contributed by atoms with E-state index in [4.69, 9.17) is 9.15 Å². The average molecular weight is 426 g/mol. The van der Waals surface area contributed by atoms with Crippen molar-refractivity contribution in [3.63, 3.8) is 0 Å². The number of methoxy groups -OCH3 is 1. The van der Waals surface area contributed by atoms with Crippen molar-refractivity contribution in [1.82, 2.24) is 14.8 Å². The molecule has 7 heteroatoms. The number of rotatable bonds is 6. The average Bonchev–Trinajstić information content (AvgIpc) is 3.32. The van der Waals surface area contributed by atoms with Crippen molar-refractivity contribution < 1.29 is 13.9 Å². The van der Waals surface area contributed by atoms with Gasteiger partial charge in [-0.3, -0.25) is 9.69 Å². The van der Waals surface area contributed by atoms with Gasteiger partial charge in [0.15, 0.2) is 10.8 Å². The molecule has 0 atom stereocenters. The molecule has 1 aliphatic rings. The molecular weight excluding hydrogens is 398 g/mol. The first-order valence-electron chi connectivity index (χ1n) is 10.2. The molecule has 0 radical (unpaired) electrons. The van der Waals surface area contributed by atoms with Crippen LogP contribution in [-0.2, 0) is 17.8 Å². The van der Waals surface area contributed by atoms with E-state index in [9.17, 15) is 4.79 Å². The zero-order valence-electron chi connectivity index (χ0n) is 17.5. The number of carbonyl (C=O) groups excluding carboxylic acids is 1. The summed E-state index contributed by atoms with van der Waals surface area (Å²) in [6.07, 6.45) is 1.32. The standard InChI is InChI=1S/C23H27N3O3S/c1-17-4-9-21(29-17)23-24-19(16-30-23)14-22(27)26-11-3-10-25(12-13-26)15-18-5-7-20(28-2)8-6-18/h4-9,16H,3,10-15H2,1-2H3. The summed E-state index contributed by atoms with van der Waals surface area (Å²) in [5, 5.41) is 2.78. The Morgan fingerprint density at radius 3 is 2.70 bits per heavy atom. The minimum absolute atomic E-state index is 0.147. The topological polar surface area (TPSA) is 58.8 Å². The Bertz CT molecular complexity index is 980. The predicted molar refractivity (Wildman–Crippen MR) is 118 cm³/mol. The molecule has 0 N–H and O–H groups in total. The van der Waals surface area contributed by atoms with Crippen molar-refractivity contribution in [2.75, 3.05) is 33.3 Å². The van der Waals surface area contributed by atoms with E-state index in [0.29, 0.717) is 6.42 Å². The number of nitrogens with zero attached hydrogens (tertiary/aromatic N) is 3. The number of aromatic nitrogens is 1. The van der Waals surface area contributed by atoms with E-state index in [-0.39, 0.29) is 5.91 Å². The van der Waals surface area contributed by atoms with Crippen LogP contribution in [0.25, 0.3) is 10.8 Å². The molecule has 0 saturated carbocycles. The van der Waals surface area contributed by atoms with E-state index in [1.165, 1.54) is 16.9 Å². The highest BCUT2D eigenvalue weighted by Crippen LogP contribution is 2.26. The number of hydrogen-bond donors (Lipinski definition) is 0. The maximum Gasteiger partial charge on any atom is 0.228 e. The molecular formula is C23H27N3O3S. The largest absolute Gasteiger partial charge is 0.497 e. The summed E-state index contributed by atoms with van der Waals surface area (Å²) in [7, 11) is 1.68. The van der Waals surface area contributed by atoms with E-state index in [1.807, 2.05) is 41.5 Å². The van der Waals surface area contributed by atoms with Crippen LogP contribution in [0.4, 0.5) is 0 Å². The Hall–Kier alpha value is -2.64. The molecule has 4 rings (SSSR count). The lowest BCUT2D eigenvalue weighted by Crippen LogP contribution is -2.36. The van der Waals surface area contributed by atoms with Crippen molar-refractivity contribution in [2.45, 2.75) is 26.3 Å². The lowest BCUT2D eigenvalue weighted by molar-refractivity contribution is -0.130. The molecule has 1 amide bonds. The molecule has 1 aliphatic heterocycles. The number of amides is 1. The van der Waals surface area contributed by atoms with Gasteiger partial charge in [-0.25, -0.2) is 4.98 Å². The van der Waals surface area contributed by atoms with Gasteiger partial charge in [-0.05, 0) is 43.2 Å². The molecule has 3 aromatic rings. The lowest BCUT2D eigenvalue weighted by atomic mass is 10.2. The van der Waals surface area contributed by atoms with Crippen LogP contribution in [0.3, 0.4) is 0 Å². The molecule has 30 heavy (non-hydrogen) atoms. The molecule has 0 spiro atoms. The Morgan fingerprint density at radius 2 is 1.97 bits per heavy atom. The SMILES string of the molecule is COc1ccc(CN2CCCN(C(=O)Cc3csc(-c4ccc(C)o4)n3)CC2)cc1. The lowest BCUT2D eigenvalue weighted by Gasteiger charge is -2.22. The highest BCUT2D eigenvalue weighted by Gasteiger charge is 2.20. The van der Waals surface area contributed by atoms with Crippen molar-refractivity contribution in [1.29, 1.82) is 0 Å². The van der Waals surface area contributed by atoms with Gasteiger partial charge in [0.25, 0.3) is 0 Å². The zero-order chi connectivity index (χ0) is 20.9. The smallest absolute Gasteiger partial charge is 0.228 e. The maximum absolute atomic E-state index is 12.8. The van der Waals surface area contributed by atoms with Crippen molar-refractivity contribution in [2.24, 2.45) is 0 Å². The van der Waals surface area contributed by atoms with E-state index < -0.39 is 0 Å². The van der Waals surface area contributed by atoms with Gasteiger partial charge in [-0.2, -0.15) is 0 Å². The number of furan rings is 1. The quantitative estimate of drug-likeness (QED) is 0.598. The van der Waals surface area contributed by atoms with Crippen LogP contribution in [0.15, 0.2) is 46.2 Å². The predicted octanol–water partition coefficient (Wildman–Crippen LogP) is 4.00. The van der Waals surface area contributed by atoms with Crippen LogP contribution in [0.5, 0.6) is 5.75 Å². The first-order valence-corrected chi connectivity index (χ1v) is 11.1. The fourth-order valence-electron chi connectivity index (χ4n) is 3.69. The fourth-order valence-corrected chi connectivity index (χ4v) is 4.46. The minimum atomic E-state index is 0.147. The van der Waals surface area contributed by atoms with E-state index in [1.54, 1.807) is 7.11 Å². The summed E-state index contributed by atoms with van der Waals surface area (Å²) in [5.41, 5.74) is 2.08. The summed E-state index contributed by atoms with van der Waals surface area (Å²) in [6, 6.07) is 12.0. The highest BCUT2D eigenvalue weighted by molar-refractivity contribution is 7.13. The highest BCUT2D eigenvalue weighted by atomic mass is 32.1. The van der Waals surface area contributed by atoms with Gasteiger partial charge in [0.2, 0.25) is 5.91 Å². The van der Waals surface area contributed by atoms with Crippen molar-refractivity contribution in [3.8, 4) is 16.5 Å². The van der Waals surface area contributed by atoms with Crippen LogP contribution in [0, 0.1) is 6.92 Å². The molecule has 158 valence electrons. The molecule has 6 nitrogen and oxygen atoms in total. The van der Waals surface area contributed by atoms with Gasteiger partial charge in [0, 0.05) is 38.1 Å². The molecule has 1 aromatic carbocycles. The number of benzene rings is 1. The molecule has 3 heterocycles. The maximum atomic E-state index is 12.8. The van der Waals surface area contributed by atoms with E-state index in [2.05, 4.69) is 22.0 Å². The van der Waals surface area contributed by atoms with Crippen LogP contribution in [0.2, 0.25) is 0 Å². The third-order valence-corrected chi connectivity index (χ3v) is 6.25. The molecule has 0 bridgehead atoms. The number of ether oxygens (including phenoxy) is 1. The number of hydrogen-bond acceptors (Lipinski definition) is 6. The Balaban J connectivity index is 1.30. The molecule has 0 aliphatic carbocycles. The third kappa shape index (κ3) is 5.09. The Labute approximate surface area is 181 Å². The summed E-state index contributed by atoms with van der Waals surface area (Å²) in [4.78, 5) is 21.8. The summed E-state index contributed by atoms with van der Waals surface area (Å²) >= 11 is 1.52. The second-order valence-electron chi connectivity index (χ2n) is 7.59. The molecule has 1 fully saturated rings. The van der Waals surface area contributed by atoms with Crippen LogP contribution < -0.4 is 4.74 Å². The summed E-state index contributed by atoms with van der Waals surface area (Å²) in [5.74, 6) is 2.65. The second kappa shape index (κ2) is 9.45. The monoisotopic (exact) mass is 425 g/mol. The number of carbonyl (C=O) groups is 1. The van der Waals surface area contributed by atoms with E-state index >= 15 is 0 Å².